The van der Waals surface area contributed by atoms with Gasteiger partial charge in [0.05, 0.1) is 12.3 Å². The number of nitrogens with one attached hydrogen (secondary N) is 2. The molecule has 1 heterocycles. The minimum absolute atomic E-state index is 0. The Bertz CT molecular complexity index is 654. The van der Waals surface area contributed by atoms with Gasteiger partial charge in [-0.25, -0.2) is 13.4 Å². The molecule has 1 aliphatic rings. The number of guanidine groups is 1. The van der Waals surface area contributed by atoms with Crippen molar-refractivity contribution < 1.29 is 13.2 Å². The number of ether oxygens (including phenoxy) is 1. The molecule has 6 nitrogen and oxygen atoms in total. The van der Waals surface area contributed by atoms with E-state index in [9.17, 15) is 8.42 Å². The third-order valence-electron chi connectivity index (χ3n) is 3.82. The van der Waals surface area contributed by atoms with E-state index in [1.54, 1.807) is 0 Å². The molecular formula is C17H28IN3O3S. The molecular weight excluding hydrogens is 453 g/mol. The van der Waals surface area contributed by atoms with E-state index in [-0.39, 0.29) is 41.9 Å². The van der Waals surface area contributed by atoms with Gasteiger partial charge in [0, 0.05) is 25.3 Å². The van der Waals surface area contributed by atoms with Crippen LogP contribution in [0.5, 0.6) is 5.75 Å². The number of para-hydroxylation sites is 1. The lowest BCUT2D eigenvalue weighted by Gasteiger charge is -2.18. The molecule has 0 radical (unpaired) electrons. The molecule has 0 aromatic heterocycles. The van der Waals surface area contributed by atoms with Crippen molar-refractivity contribution in [1.29, 1.82) is 0 Å². The second-order valence-corrected chi connectivity index (χ2v) is 8.50. The van der Waals surface area contributed by atoms with Crippen molar-refractivity contribution in [3.05, 3.63) is 29.8 Å². The van der Waals surface area contributed by atoms with E-state index in [4.69, 9.17) is 4.74 Å². The highest BCUT2D eigenvalue weighted by Gasteiger charge is 2.22. The van der Waals surface area contributed by atoms with Gasteiger partial charge in [0.2, 0.25) is 0 Å². The van der Waals surface area contributed by atoms with E-state index in [1.165, 1.54) is 11.8 Å². The zero-order valence-electron chi connectivity index (χ0n) is 15.0. The van der Waals surface area contributed by atoms with Gasteiger partial charge in [-0.15, -0.1) is 24.0 Å². The van der Waals surface area contributed by atoms with Gasteiger partial charge in [-0.3, -0.25) is 0 Å². The Morgan fingerprint density at radius 1 is 1.40 bits per heavy atom. The first-order chi connectivity index (χ1) is 11.4. The molecule has 142 valence electrons. The third kappa shape index (κ3) is 7.81. The van der Waals surface area contributed by atoms with Crippen LogP contribution in [0.3, 0.4) is 0 Å². The van der Waals surface area contributed by atoms with Gasteiger partial charge >= 0.3 is 0 Å². The van der Waals surface area contributed by atoms with Crippen molar-refractivity contribution in [2.75, 3.05) is 25.1 Å². The fourth-order valence-electron chi connectivity index (χ4n) is 2.57. The molecule has 1 aromatic rings. The summed E-state index contributed by atoms with van der Waals surface area (Å²) in [5.74, 6) is 1.80. The van der Waals surface area contributed by atoms with Crippen LogP contribution < -0.4 is 15.4 Å². The number of benzene rings is 1. The number of rotatable bonds is 7. The number of fused-ring (bicyclic) bond motifs is 1. The van der Waals surface area contributed by atoms with Crippen molar-refractivity contribution in [2.45, 2.75) is 38.8 Å². The molecule has 1 aliphatic heterocycles. The number of hydrogen-bond acceptors (Lipinski definition) is 4. The maximum absolute atomic E-state index is 11.3. The van der Waals surface area contributed by atoms with E-state index in [0.29, 0.717) is 18.9 Å². The van der Waals surface area contributed by atoms with E-state index >= 15 is 0 Å². The molecule has 2 N–H and O–H groups in total. The van der Waals surface area contributed by atoms with Crippen molar-refractivity contribution in [1.82, 2.24) is 10.6 Å². The summed E-state index contributed by atoms with van der Waals surface area (Å²) in [4.78, 5) is 4.58. The lowest BCUT2D eigenvalue weighted by atomic mass is 10.1. The van der Waals surface area contributed by atoms with Gasteiger partial charge in [0.15, 0.2) is 5.96 Å². The Balaban J connectivity index is 0.00000312. The monoisotopic (exact) mass is 481 g/mol. The second kappa shape index (κ2) is 10.2. The van der Waals surface area contributed by atoms with E-state index in [1.807, 2.05) is 32.0 Å². The Morgan fingerprint density at radius 2 is 2.12 bits per heavy atom. The maximum atomic E-state index is 11.3. The van der Waals surface area contributed by atoms with Crippen LogP contribution in [0.25, 0.3) is 0 Å². The lowest BCUT2D eigenvalue weighted by Crippen LogP contribution is -2.43. The van der Waals surface area contributed by atoms with Crippen LogP contribution in [0.2, 0.25) is 0 Å². The summed E-state index contributed by atoms with van der Waals surface area (Å²) in [6.07, 6.45) is 2.72. The predicted octanol–water partition coefficient (Wildman–Crippen LogP) is 1.99. The summed E-state index contributed by atoms with van der Waals surface area (Å²) in [6, 6.07) is 8.08. The SMILES string of the molecule is CCNC(=NCC1Cc2ccccc2O1)NC(C)CCS(C)(=O)=O.I. The van der Waals surface area contributed by atoms with Crippen LogP contribution in [0, 0.1) is 0 Å². The first kappa shape index (κ1) is 22.0. The molecule has 1 aromatic carbocycles. The highest BCUT2D eigenvalue weighted by molar-refractivity contribution is 14.0. The van der Waals surface area contributed by atoms with Crippen LogP contribution in [0.1, 0.15) is 25.8 Å². The molecule has 0 bridgehead atoms. The predicted molar refractivity (Wildman–Crippen MR) is 113 cm³/mol. The Kier molecular flexibility index (Phi) is 8.98. The van der Waals surface area contributed by atoms with E-state index in [2.05, 4.69) is 21.7 Å². The Labute approximate surface area is 167 Å². The van der Waals surface area contributed by atoms with Crippen LogP contribution in [0.4, 0.5) is 0 Å². The topological polar surface area (TPSA) is 79.8 Å². The first-order valence-electron chi connectivity index (χ1n) is 8.34. The quantitative estimate of drug-likeness (QED) is 0.354. The Hall–Kier alpha value is -1.03. The summed E-state index contributed by atoms with van der Waals surface area (Å²) in [6.45, 7) is 5.26. The summed E-state index contributed by atoms with van der Waals surface area (Å²) < 4.78 is 28.4. The van der Waals surface area contributed by atoms with E-state index < -0.39 is 9.84 Å². The standard InChI is InChI=1S/C17H27N3O3S.HI/c1-4-18-17(20-13(2)9-10-24(3,21)22)19-12-15-11-14-7-5-6-8-16(14)23-15;/h5-8,13,15H,4,9-12H2,1-3H3,(H2,18,19,20);1H. The molecule has 2 unspecified atom stereocenters. The van der Waals surface area contributed by atoms with E-state index in [0.717, 1.165) is 18.7 Å². The van der Waals surface area contributed by atoms with Gasteiger partial charge in [-0.05, 0) is 31.9 Å². The molecule has 25 heavy (non-hydrogen) atoms. The zero-order valence-corrected chi connectivity index (χ0v) is 18.1. The van der Waals surface area contributed by atoms with Crippen LogP contribution in [-0.2, 0) is 16.3 Å². The molecule has 0 aliphatic carbocycles. The number of aliphatic imine (C=N–C) groups is 1. The average molecular weight is 481 g/mol. The largest absolute Gasteiger partial charge is 0.488 e. The molecule has 2 atom stereocenters. The minimum atomic E-state index is -2.94. The average Bonchev–Trinajstić information content (AvgIpc) is 2.93. The zero-order chi connectivity index (χ0) is 17.6. The van der Waals surface area contributed by atoms with Gasteiger partial charge in [-0.1, -0.05) is 18.2 Å². The van der Waals surface area contributed by atoms with Gasteiger partial charge in [0.1, 0.15) is 21.7 Å². The summed E-state index contributed by atoms with van der Waals surface area (Å²) >= 11 is 0. The fraction of sp³-hybridized carbons (Fsp3) is 0.588. The Morgan fingerprint density at radius 3 is 2.76 bits per heavy atom. The molecule has 0 spiro atoms. The molecule has 0 fully saturated rings. The third-order valence-corrected chi connectivity index (χ3v) is 4.79. The highest BCUT2D eigenvalue weighted by Crippen LogP contribution is 2.28. The first-order valence-corrected chi connectivity index (χ1v) is 10.4. The molecule has 0 saturated carbocycles. The number of nitrogens with zero attached hydrogens (tertiary/aromatic N) is 1. The second-order valence-electron chi connectivity index (χ2n) is 6.24. The minimum Gasteiger partial charge on any atom is -0.488 e. The summed E-state index contributed by atoms with van der Waals surface area (Å²) in [7, 11) is -2.94. The van der Waals surface area contributed by atoms with Crippen LogP contribution in [0.15, 0.2) is 29.3 Å². The normalized spacial score (nSPS) is 17.9. The van der Waals surface area contributed by atoms with Crippen molar-refractivity contribution in [3.8, 4) is 5.75 Å². The van der Waals surface area contributed by atoms with Gasteiger partial charge < -0.3 is 15.4 Å². The van der Waals surface area contributed by atoms with Crippen molar-refractivity contribution >= 4 is 39.8 Å². The van der Waals surface area contributed by atoms with Gasteiger partial charge in [0.25, 0.3) is 0 Å². The summed E-state index contributed by atoms with van der Waals surface area (Å²) in [5, 5.41) is 6.44. The molecule has 8 heteroatoms. The van der Waals surface area contributed by atoms with Crippen molar-refractivity contribution in [2.24, 2.45) is 4.99 Å². The van der Waals surface area contributed by atoms with Crippen LogP contribution in [-0.4, -0.2) is 51.6 Å². The van der Waals surface area contributed by atoms with Gasteiger partial charge in [-0.2, -0.15) is 0 Å². The van der Waals surface area contributed by atoms with Crippen LogP contribution >= 0.6 is 24.0 Å². The fourth-order valence-corrected chi connectivity index (χ4v) is 3.35. The number of hydrogen-bond donors (Lipinski definition) is 2. The smallest absolute Gasteiger partial charge is 0.191 e. The molecule has 0 saturated heterocycles. The highest BCUT2D eigenvalue weighted by atomic mass is 127. The molecule has 2 rings (SSSR count). The maximum Gasteiger partial charge on any atom is 0.191 e. The molecule has 0 amide bonds. The number of halogens is 1. The number of sulfone groups is 1. The summed E-state index contributed by atoms with van der Waals surface area (Å²) in [5.41, 5.74) is 1.22. The lowest BCUT2D eigenvalue weighted by molar-refractivity contribution is 0.241. The van der Waals surface area contributed by atoms with Crippen molar-refractivity contribution in [3.63, 3.8) is 0 Å².